The number of halogens is 3. The number of aromatic nitrogens is 2. The van der Waals surface area contributed by atoms with Crippen molar-refractivity contribution in [2.45, 2.75) is 25.2 Å². The number of H-pyrrole nitrogens is 1. The molecule has 1 N–H and O–H groups in total. The van der Waals surface area contributed by atoms with Crippen molar-refractivity contribution in [3.63, 3.8) is 0 Å². The average molecular weight is 341 g/mol. The summed E-state index contributed by atoms with van der Waals surface area (Å²) in [6.07, 6.45) is 2.23. The summed E-state index contributed by atoms with van der Waals surface area (Å²) in [5.41, 5.74) is 0.920. The van der Waals surface area contributed by atoms with Crippen LogP contribution in [0.25, 0.3) is 0 Å². The van der Waals surface area contributed by atoms with Crippen molar-refractivity contribution in [1.29, 1.82) is 0 Å². The molecule has 104 valence electrons. The molecular weight excluding hydrogens is 330 g/mol. The standard InChI is InChI=1S/C14H11BrF2N2O/c15-12-13(8-1-2-8)18-11(19-14(12)20)5-7-3-9(16)6-10(17)4-7/h3-4,6,8H,1-2,5H2,(H,18,19,20). The van der Waals surface area contributed by atoms with Crippen LogP contribution in [0.5, 0.6) is 0 Å². The molecule has 3 rings (SSSR count). The van der Waals surface area contributed by atoms with Crippen LogP contribution in [0.3, 0.4) is 0 Å². The maximum Gasteiger partial charge on any atom is 0.265 e. The monoisotopic (exact) mass is 340 g/mol. The molecule has 20 heavy (non-hydrogen) atoms. The lowest BCUT2D eigenvalue weighted by Gasteiger charge is -2.06. The number of aromatic amines is 1. The van der Waals surface area contributed by atoms with Gasteiger partial charge in [-0.25, -0.2) is 13.8 Å². The van der Waals surface area contributed by atoms with Crippen molar-refractivity contribution >= 4 is 15.9 Å². The number of nitrogens with zero attached hydrogens (tertiary/aromatic N) is 1. The lowest BCUT2D eigenvalue weighted by molar-refractivity contribution is 0.580. The Labute approximate surface area is 122 Å². The van der Waals surface area contributed by atoms with Crippen molar-refractivity contribution in [2.24, 2.45) is 0 Å². The maximum absolute atomic E-state index is 13.2. The van der Waals surface area contributed by atoms with Gasteiger partial charge in [0, 0.05) is 18.4 Å². The zero-order valence-corrected chi connectivity index (χ0v) is 12.0. The summed E-state index contributed by atoms with van der Waals surface area (Å²) in [5, 5.41) is 0. The molecule has 6 heteroatoms. The van der Waals surface area contributed by atoms with E-state index >= 15 is 0 Å². The minimum Gasteiger partial charge on any atom is -0.309 e. The summed E-state index contributed by atoms with van der Waals surface area (Å²) < 4.78 is 26.8. The van der Waals surface area contributed by atoms with Crippen molar-refractivity contribution in [2.75, 3.05) is 0 Å². The van der Waals surface area contributed by atoms with E-state index in [2.05, 4.69) is 25.9 Å². The van der Waals surface area contributed by atoms with Crippen LogP contribution in [0.15, 0.2) is 27.5 Å². The Morgan fingerprint density at radius 2 is 1.90 bits per heavy atom. The van der Waals surface area contributed by atoms with Gasteiger partial charge in [-0.3, -0.25) is 4.79 Å². The molecule has 1 saturated carbocycles. The van der Waals surface area contributed by atoms with Gasteiger partial charge in [-0.05, 0) is 46.5 Å². The van der Waals surface area contributed by atoms with E-state index in [1.807, 2.05) is 0 Å². The molecule has 1 aromatic heterocycles. The minimum absolute atomic E-state index is 0.191. The van der Waals surface area contributed by atoms with Gasteiger partial charge >= 0.3 is 0 Å². The van der Waals surface area contributed by atoms with Gasteiger partial charge in [0.1, 0.15) is 21.9 Å². The summed E-state index contributed by atoms with van der Waals surface area (Å²) in [6, 6.07) is 3.29. The Kier molecular flexibility index (Phi) is 3.41. The first-order chi connectivity index (χ1) is 9.52. The summed E-state index contributed by atoms with van der Waals surface area (Å²) in [4.78, 5) is 18.9. The highest BCUT2D eigenvalue weighted by Crippen LogP contribution is 2.41. The molecular formula is C14H11BrF2N2O. The van der Waals surface area contributed by atoms with Gasteiger partial charge in [0.25, 0.3) is 5.56 Å². The summed E-state index contributed by atoms with van der Waals surface area (Å²) in [6.45, 7) is 0. The molecule has 0 radical (unpaired) electrons. The van der Waals surface area contributed by atoms with Gasteiger partial charge < -0.3 is 4.98 Å². The summed E-state index contributed by atoms with van der Waals surface area (Å²) in [5.74, 6) is -0.538. The predicted molar refractivity (Wildman–Crippen MR) is 73.7 cm³/mol. The largest absolute Gasteiger partial charge is 0.309 e. The lowest BCUT2D eigenvalue weighted by atomic mass is 10.1. The molecule has 2 aromatic rings. The van der Waals surface area contributed by atoms with E-state index in [-0.39, 0.29) is 12.0 Å². The van der Waals surface area contributed by atoms with Gasteiger partial charge in [0.2, 0.25) is 0 Å². The van der Waals surface area contributed by atoms with Crippen molar-refractivity contribution in [3.05, 3.63) is 61.7 Å². The van der Waals surface area contributed by atoms with E-state index in [1.165, 1.54) is 12.1 Å². The van der Waals surface area contributed by atoms with Crippen LogP contribution in [0, 0.1) is 11.6 Å². The van der Waals surface area contributed by atoms with Gasteiger partial charge in [0.15, 0.2) is 0 Å². The minimum atomic E-state index is -0.637. The zero-order valence-electron chi connectivity index (χ0n) is 10.4. The first kappa shape index (κ1) is 13.4. The molecule has 1 heterocycles. The van der Waals surface area contributed by atoms with Gasteiger partial charge in [0.05, 0.1) is 5.69 Å². The quantitative estimate of drug-likeness (QED) is 0.931. The van der Waals surface area contributed by atoms with Crippen molar-refractivity contribution < 1.29 is 8.78 Å². The van der Waals surface area contributed by atoms with E-state index in [0.717, 1.165) is 24.6 Å². The van der Waals surface area contributed by atoms with Crippen LogP contribution in [-0.2, 0) is 6.42 Å². The first-order valence-corrected chi connectivity index (χ1v) is 7.06. The van der Waals surface area contributed by atoms with Crippen molar-refractivity contribution in [3.8, 4) is 0 Å². The van der Waals surface area contributed by atoms with Crippen LogP contribution in [0.4, 0.5) is 8.78 Å². The Morgan fingerprint density at radius 1 is 1.25 bits per heavy atom. The van der Waals surface area contributed by atoms with Crippen LogP contribution < -0.4 is 5.56 Å². The summed E-state index contributed by atoms with van der Waals surface area (Å²) >= 11 is 3.24. The molecule has 3 nitrogen and oxygen atoms in total. The van der Waals surface area contributed by atoms with Crippen LogP contribution >= 0.6 is 15.9 Å². The number of benzene rings is 1. The molecule has 1 aromatic carbocycles. The molecule has 1 aliphatic carbocycles. The number of nitrogens with one attached hydrogen (secondary N) is 1. The van der Waals surface area contributed by atoms with Gasteiger partial charge in [-0.15, -0.1) is 0 Å². The van der Waals surface area contributed by atoms with Gasteiger partial charge in [-0.2, -0.15) is 0 Å². The van der Waals surface area contributed by atoms with E-state index in [0.29, 0.717) is 21.8 Å². The number of hydrogen-bond acceptors (Lipinski definition) is 2. The number of rotatable bonds is 3. The topological polar surface area (TPSA) is 45.8 Å². The Balaban J connectivity index is 1.96. The lowest BCUT2D eigenvalue weighted by Crippen LogP contribution is -2.15. The summed E-state index contributed by atoms with van der Waals surface area (Å²) in [7, 11) is 0. The molecule has 0 atom stereocenters. The first-order valence-electron chi connectivity index (χ1n) is 6.26. The molecule has 0 unspecified atom stereocenters. The third kappa shape index (κ3) is 2.80. The van der Waals surface area contributed by atoms with E-state index in [4.69, 9.17) is 0 Å². The molecule has 0 saturated heterocycles. The normalized spacial score (nSPS) is 14.6. The molecule has 0 spiro atoms. The smallest absolute Gasteiger partial charge is 0.265 e. The van der Waals surface area contributed by atoms with Crippen molar-refractivity contribution in [1.82, 2.24) is 9.97 Å². The average Bonchev–Trinajstić information content (AvgIpc) is 3.16. The third-order valence-corrected chi connectivity index (χ3v) is 3.96. The van der Waals surface area contributed by atoms with Crippen LogP contribution in [-0.4, -0.2) is 9.97 Å². The predicted octanol–water partition coefficient (Wildman–Crippen LogP) is 3.28. The van der Waals surface area contributed by atoms with E-state index in [1.54, 1.807) is 0 Å². The Bertz CT molecular complexity index is 705. The molecule has 0 amide bonds. The highest BCUT2D eigenvalue weighted by atomic mass is 79.9. The second kappa shape index (κ2) is 5.09. The van der Waals surface area contributed by atoms with Crippen LogP contribution in [0.1, 0.15) is 35.8 Å². The van der Waals surface area contributed by atoms with Gasteiger partial charge in [-0.1, -0.05) is 0 Å². The molecule has 0 bridgehead atoms. The van der Waals surface area contributed by atoms with E-state index in [9.17, 15) is 13.6 Å². The highest BCUT2D eigenvalue weighted by Gasteiger charge is 2.28. The zero-order chi connectivity index (χ0) is 14.3. The third-order valence-electron chi connectivity index (χ3n) is 3.20. The Hall–Kier alpha value is -1.56. The fourth-order valence-corrected chi connectivity index (χ4v) is 2.65. The Morgan fingerprint density at radius 3 is 2.50 bits per heavy atom. The molecule has 0 aliphatic heterocycles. The molecule has 1 aliphatic rings. The van der Waals surface area contributed by atoms with E-state index < -0.39 is 11.6 Å². The van der Waals surface area contributed by atoms with Crippen LogP contribution in [0.2, 0.25) is 0 Å². The maximum atomic E-state index is 13.2. The SMILES string of the molecule is O=c1[nH]c(Cc2cc(F)cc(F)c2)nc(C2CC2)c1Br. The highest BCUT2D eigenvalue weighted by molar-refractivity contribution is 9.10. The second-order valence-corrected chi connectivity index (χ2v) is 5.73. The number of hydrogen-bond donors (Lipinski definition) is 1. The second-order valence-electron chi connectivity index (χ2n) is 4.94. The molecule has 1 fully saturated rings. The fraction of sp³-hybridized carbons (Fsp3) is 0.286. The fourth-order valence-electron chi connectivity index (χ4n) is 2.14.